The molecule has 1 aromatic heterocycles. The number of hydrogen-bond acceptors (Lipinski definition) is 4. The van der Waals surface area contributed by atoms with Crippen molar-refractivity contribution in [3.8, 4) is 6.07 Å². The Morgan fingerprint density at radius 2 is 1.95 bits per heavy atom. The average Bonchev–Trinajstić information content (AvgIpc) is 2.43. The van der Waals surface area contributed by atoms with Crippen molar-refractivity contribution >= 4 is 5.91 Å². The molecule has 1 aromatic rings. The molecule has 0 aliphatic rings. The van der Waals surface area contributed by atoms with E-state index >= 15 is 0 Å². The standard InChI is InChI=1S/C16H24N4O2/c1-10(2)6-7-11(3)18-15(21)9-20-16(22)14(8-17)12(4)13(5)19-20/h10-11H,6-7,9H2,1-5H3,(H,18,21). The summed E-state index contributed by atoms with van der Waals surface area (Å²) >= 11 is 0. The number of aryl methyl sites for hydroxylation is 1. The molecule has 0 spiro atoms. The van der Waals surface area contributed by atoms with Crippen LogP contribution in [0.15, 0.2) is 4.79 Å². The van der Waals surface area contributed by atoms with Crippen molar-refractivity contribution in [1.82, 2.24) is 15.1 Å². The van der Waals surface area contributed by atoms with E-state index < -0.39 is 5.56 Å². The number of hydrogen-bond donors (Lipinski definition) is 1. The van der Waals surface area contributed by atoms with Crippen LogP contribution in [0.2, 0.25) is 0 Å². The Balaban J connectivity index is 2.80. The molecule has 1 unspecified atom stereocenters. The highest BCUT2D eigenvalue weighted by Gasteiger charge is 2.15. The minimum Gasteiger partial charge on any atom is -0.352 e. The number of nitrogens with one attached hydrogen (secondary N) is 1. The SMILES string of the molecule is Cc1nn(CC(=O)NC(C)CCC(C)C)c(=O)c(C#N)c1C. The summed E-state index contributed by atoms with van der Waals surface area (Å²) in [6.07, 6.45) is 1.92. The van der Waals surface area contributed by atoms with Gasteiger partial charge in [0, 0.05) is 6.04 Å². The third-order valence-corrected chi connectivity index (χ3v) is 3.63. The fourth-order valence-electron chi connectivity index (χ4n) is 2.12. The maximum Gasteiger partial charge on any atom is 0.285 e. The Bertz CT molecular complexity index is 641. The zero-order valence-corrected chi connectivity index (χ0v) is 13.9. The van der Waals surface area contributed by atoms with Crippen LogP contribution in [0.5, 0.6) is 0 Å². The molecule has 120 valence electrons. The van der Waals surface area contributed by atoms with Gasteiger partial charge in [0.1, 0.15) is 18.2 Å². The Hall–Kier alpha value is -2.16. The molecule has 0 bridgehead atoms. The summed E-state index contributed by atoms with van der Waals surface area (Å²) in [4.78, 5) is 24.1. The fourth-order valence-corrected chi connectivity index (χ4v) is 2.12. The number of nitriles is 1. The van der Waals surface area contributed by atoms with Gasteiger partial charge in [0.2, 0.25) is 5.91 Å². The van der Waals surface area contributed by atoms with Crippen molar-refractivity contribution in [2.75, 3.05) is 0 Å². The largest absolute Gasteiger partial charge is 0.352 e. The quantitative estimate of drug-likeness (QED) is 0.866. The van der Waals surface area contributed by atoms with Crippen LogP contribution in [0.1, 0.15) is 50.4 Å². The Morgan fingerprint density at radius 3 is 2.50 bits per heavy atom. The van der Waals surface area contributed by atoms with Crippen LogP contribution in [-0.4, -0.2) is 21.7 Å². The lowest BCUT2D eigenvalue weighted by atomic mass is 10.0. The minimum atomic E-state index is -0.518. The highest BCUT2D eigenvalue weighted by Crippen LogP contribution is 2.07. The predicted molar refractivity (Wildman–Crippen MR) is 84.4 cm³/mol. The van der Waals surface area contributed by atoms with E-state index in [0.717, 1.165) is 17.5 Å². The van der Waals surface area contributed by atoms with E-state index in [2.05, 4.69) is 24.3 Å². The lowest BCUT2D eigenvalue weighted by Crippen LogP contribution is -2.39. The van der Waals surface area contributed by atoms with Crippen molar-refractivity contribution in [3.05, 3.63) is 27.2 Å². The highest BCUT2D eigenvalue weighted by molar-refractivity contribution is 5.75. The van der Waals surface area contributed by atoms with Crippen molar-refractivity contribution < 1.29 is 4.79 Å². The number of aromatic nitrogens is 2. The van der Waals surface area contributed by atoms with Crippen molar-refractivity contribution in [2.45, 2.75) is 60.0 Å². The Kier molecular flexibility index (Phi) is 6.29. The fraction of sp³-hybridized carbons (Fsp3) is 0.625. The van der Waals surface area contributed by atoms with Gasteiger partial charge < -0.3 is 5.32 Å². The van der Waals surface area contributed by atoms with Crippen molar-refractivity contribution in [2.24, 2.45) is 5.92 Å². The third kappa shape index (κ3) is 4.69. The lowest BCUT2D eigenvalue weighted by Gasteiger charge is -2.15. The zero-order valence-electron chi connectivity index (χ0n) is 13.9. The van der Waals surface area contributed by atoms with Gasteiger partial charge in [-0.3, -0.25) is 9.59 Å². The molecule has 0 aliphatic heterocycles. The third-order valence-electron chi connectivity index (χ3n) is 3.63. The van der Waals surface area contributed by atoms with Crippen molar-refractivity contribution in [1.29, 1.82) is 5.26 Å². The van der Waals surface area contributed by atoms with E-state index in [1.165, 1.54) is 0 Å². The van der Waals surface area contributed by atoms with E-state index in [0.29, 0.717) is 17.2 Å². The Labute approximate surface area is 131 Å². The molecule has 1 N–H and O–H groups in total. The predicted octanol–water partition coefficient (Wildman–Crippen LogP) is 1.67. The summed E-state index contributed by atoms with van der Waals surface area (Å²) in [5.41, 5.74) is 0.676. The number of amides is 1. The van der Waals surface area contributed by atoms with E-state index in [4.69, 9.17) is 5.26 Å². The van der Waals surface area contributed by atoms with Crippen LogP contribution >= 0.6 is 0 Å². The number of nitrogens with zero attached hydrogens (tertiary/aromatic N) is 3. The molecular formula is C16H24N4O2. The molecule has 0 fully saturated rings. The van der Waals surface area contributed by atoms with Gasteiger partial charge in [-0.15, -0.1) is 0 Å². The van der Waals surface area contributed by atoms with E-state index in [1.54, 1.807) is 13.8 Å². The van der Waals surface area contributed by atoms with Crippen LogP contribution in [-0.2, 0) is 11.3 Å². The summed E-state index contributed by atoms with van der Waals surface area (Å²) in [5, 5.41) is 16.0. The molecule has 6 heteroatoms. The van der Waals surface area contributed by atoms with Crippen LogP contribution in [0, 0.1) is 31.1 Å². The molecule has 1 amide bonds. The van der Waals surface area contributed by atoms with Gasteiger partial charge in [-0.05, 0) is 45.1 Å². The molecule has 0 saturated heterocycles. The van der Waals surface area contributed by atoms with Crippen LogP contribution in [0.25, 0.3) is 0 Å². The molecule has 22 heavy (non-hydrogen) atoms. The molecule has 0 radical (unpaired) electrons. The zero-order chi connectivity index (χ0) is 16.9. The molecule has 0 saturated carbocycles. The van der Waals surface area contributed by atoms with Crippen LogP contribution < -0.4 is 10.9 Å². The maximum atomic E-state index is 12.1. The summed E-state index contributed by atoms with van der Waals surface area (Å²) in [5.74, 6) is 0.319. The summed E-state index contributed by atoms with van der Waals surface area (Å²) in [6.45, 7) is 9.45. The van der Waals surface area contributed by atoms with E-state index in [9.17, 15) is 9.59 Å². The highest BCUT2D eigenvalue weighted by atomic mass is 16.2. The number of rotatable bonds is 6. The van der Waals surface area contributed by atoms with Gasteiger partial charge in [-0.1, -0.05) is 13.8 Å². The molecule has 0 aliphatic carbocycles. The molecule has 1 atom stereocenters. The van der Waals surface area contributed by atoms with E-state index in [-0.39, 0.29) is 24.1 Å². The van der Waals surface area contributed by atoms with Crippen LogP contribution in [0.3, 0.4) is 0 Å². The first kappa shape index (κ1) is 17.9. The van der Waals surface area contributed by atoms with Gasteiger partial charge in [0.25, 0.3) is 5.56 Å². The second-order valence-corrected chi connectivity index (χ2v) is 6.10. The average molecular weight is 304 g/mol. The summed E-state index contributed by atoms with van der Waals surface area (Å²) < 4.78 is 1.06. The molecule has 6 nitrogen and oxygen atoms in total. The van der Waals surface area contributed by atoms with Crippen LogP contribution in [0.4, 0.5) is 0 Å². The summed E-state index contributed by atoms with van der Waals surface area (Å²) in [7, 11) is 0. The van der Waals surface area contributed by atoms with E-state index in [1.807, 2.05) is 13.0 Å². The summed E-state index contributed by atoms with van der Waals surface area (Å²) in [6, 6.07) is 1.94. The molecule has 0 aromatic carbocycles. The van der Waals surface area contributed by atoms with Gasteiger partial charge in [-0.25, -0.2) is 4.68 Å². The second-order valence-electron chi connectivity index (χ2n) is 6.10. The first-order chi connectivity index (χ1) is 10.3. The molecule has 1 rings (SSSR count). The normalized spacial score (nSPS) is 12.0. The van der Waals surface area contributed by atoms with Crippen molar-refractivity contribution in [3.63, 3.8) is 0 Å². The minimum absolute atomic E-state index is 0.0487. The number of carbonyl (C=O) groups is 1. The molecular weight excluding hydrogens is 280 g/mol. The van der Waals surface area contributed by atoms with Gasteiger partial charge >= 0.3 is 0 Å². The smallest absolute Gasteiger partial charge is 0.285 e. The second kappa shape index (κ2) is 7.74. The monoisotopic (exact) mass is 304 g/mol. The molecule has 1 heterocycles. The van der Waals surface area contributed by atoms with Gasteiger partial charge in [0.05, 0.1) is 5.69 Å². The Morgan fingerprint density at radius 1 is 1.32 bits per heavy atom. The lowest BCUT2D eigenvalue weighted by molar-refractivity contribution is -0.122. The van der Waals surface area contributed by atoms with Gasteiger partial charge in [0.15, 0.2) is 0 Å². The topological polar surface area (TPSA) is 87.8 Å². The maximum absolute atomic E-state index is 12.1. The number of carbonyl (C=O) groups excluding carboxylic acids is 1. The van der Waals surface area contributed by atoms with Gasteiger partial charge in [-0.2, -0.15) is 10.4 Å². The first-order valence-electron chi connectivity index (χ1n) is 7.54. The first-order valence-corrected chi connectivity index (χ1v) is 7.54.